The SMILES string of the molecule is Clc1ccc2ccc(C=Cc3ccccc3C3CO3)nc2c1. The number of rotatable bonds is 3. The molecule has 1 atom stereocenters. The Balaban J connectivity index is 1.68. The summed E-state index contributed by atoms with van der Waals surface area (Å²) in [5, 5.41) is 1.80. The number of ether oxygens (including phenoxy) is 1. The molecule has 0 aliphatic carbocycles. The van der Waals surface area contributed by atoms with Crippen molar-refractivity contribution in [2.24, 2.45) is 0 Å². The van der Waals surface area contributed by atoms with E-state index in [2.05, 4.69) is 29.3 Å². The molecule has 0 radical (unpaired) electrons. The molecular weight excluding hydrogens is 294 g/mol. The van der Waals surface area contributed by atoms with Gasteiger partial charge in [-0.2, -0.15) is 0 Å². The van der Waals surface area contributed by atoms with Gasteiger partial charge in [-0.25, -0.2) is 4.98 Å². The molecule has 3 aromatic rings. The van der Waals surface area contributed by atoms with Crippen molar-refractivity contribution in [3.05, 3.63) is 76.4 Å². The van der Waals surface area contributed by atoms with Gasteiger partial charge in [0.25, 0.3) is 0 Å². The average molecular weight is 308 g/mol. The van der Waals surface area contributed by atoms with Crippen molar-refractivity contribution in [3.8, 4) is 0 Å². The first-order valence-electron chi connectivity index (χ1n) is 7.24. The summed E-state index contributed by atoms with van der Waals surface area (Å²) in [6, 6.07) is 18.1. The van der Waals surface area contributed by atoms with Crippen LogP contribution >= 0.6 is 11.6 Å². The summed E-state index contributed by atoms with van der Waals surface area (Å²) >= 11 is 6.03. The maximum absolute atomic E-state index is 6.03. The van der Waals surface area contributed by atoms with Crippen molar-refractivity contribution in [2.75, 3.05) is 6.61 Å². The molecule has 108 valence electrons. The van der Waals surface area contributed by atoms with E-state index in [0.717, 1.165) is 23.2 Å². The van der Waals surface area contributed by atoms with Crippen LogP contribution in [0.4, 0.5) is 0 Å². The fraction of sp³-hybridized carbons (Fsp3) is 0.105. The van der Waals surface area contributed by atoms with E-state index < -0.39 is 0 Å². The molecule has 1 aliphatic heterocycles. The van der Waals surface area contributed by atoms with Gasteiger partial charge >= 0.3 is 0 Å². The van der Waals surface area contributed by atoms with Gasteiger partial charge in [-0.15, -0.1) is 0 Å². The van der Waals surface area contributed by atoms with Crippen LogP contribution in [0.3, 0.4) is 0 Å². The highest BCUT2D eigenvalue weighted by Gasteiger charge is 2.26. The normalized spacial score (nSPS) is 17.2. The van der Waals surface area contributed by atoms with E-state index in [4.69, 9.17) is 16.3 Å². The van der Waals surface area contributed by atoms with Crippen LogP contribution in [-0.2, 0) is 4.74 Å². The van der Waals surface area contributed by atoms with Crippen LogP contribution < -0.4 is 0 Å². The van der Waals surface area contributed by atoms with Gasteiger partial charge in [-0.1, -0.05) is 54.1 Å². The molecule has 0 amide bonds. The van der Waals surface area contributed by atoms with Crippen LogP contribution in [0, 0.1) is 0 Å². The minimum absolute atomic E-state index is 0.254. The first-order chi connectivity index (χ1) is 10.8. The summed E-state index contributed by atoms with van der Waals surface area (Å²) in [5.74, 6) is 0. The topological polar surface area (TPSA) is 25.4 Å². The molecule has 0 N–H and O–H groups in total. The number of pyridine rings is 1. The second kappa shape index (κ2) is 5.56. The molecule has 2 heterocycles. The van der Waals surface area contributed by atoms with Crippen LogP contribution in [0.2, 0.25) is 5.02 Å². The zero-order chi connectivity index (χ0) is 14.9. The summed E-state index contributed by atoms with van der Waals surface area (Å²) in [6.07, 6.45) is 4.38. The predicted octanol–water partition coefficient (Wildman–Crippen LogP) is 5.13. The lowest BCUT2D eigenvalue weighted by atomic mass is 10.0. The molecule has 22 heavy (non-hydrogen) atoms. The largest absolute Gasteiger partial charge is 0.368 e. The number of hydrogen-bond acceptors (Lipinski definition) is 2. The van der Waals surface area contributed by atoms with E-state index >= 15 is 0 Å². The average Bonchev–Trinajstić information content (AvgIpc) is 3.37. The summed E-state index contributed by atoms with van der Waals surface area (Å²) in [6.45, 7) is 0.817. The molecule has 1 saturated heterocycles. The molecule has 0 spiro atoms. The Morgan fingerprint density at radius 2 is 1.86 bits per heavy atom. The van der Waals surface area contributed by atoms with Gasteiger partial charge < -0.3 is 4.74 Å². The molecule has 0 saturated carbocycles. The number of epoxide rings is 1. The van der Waals surface area contributed by atoms with Gasteiger partial charge in [0.1, 0.15) is 6.10 Å². The minimum Gasteiger partial charge on any atom is -0.368 e. The summed E-state index contributed by atoms with van der Waals surface area (Å²) in [7, 11) is 0. The molecule has 1 aliphatic rings. The maximum Gasteiger partial charge on any atom is 0.107 e. The van der Waals surface area contributed by atoms with E-state index in [0.29, 0.717) is 5.02 Å². The van der Waals surface area contributed by atoms with Crippen molar-refractivity contribution in [1.29, 1.82) is 0 Å². The molecule has 4 rings (SSSR count). The number of hydrogen-bond donors (Lipinski definition) is 0. The molecule has 1 aromatic heterocycles. The highest BCUT2D eigenvalue weighted by Crippen LogP contribution is 2.32. The smallest absolute Gasteiger partial charge is 0.107 e. The Morgan fingerprint density at radius 1 is 1.05 bits per heavy atom. The van der Waals surface area contributed by atoms with Crippen LogP contribution in [0.15, 0.2) is 54.6 Å². The van der Waals surface area contributed by atoms with E-state index in [1.165, 1.54) is 11.1 Å². The highest BCUT2D eigenvalue weighted by molar-refractivity contribution is 6.31. The first-order valence-corrected chi connectivity index (χ1v) is 7.62. The van der Waals surface area contributed by atoms with Crippen LogP contribution in [0.1, 0.15) is 22.9 Å². The fourth-order valence-electron chi connectivity index (χ4n) is 2.56. The third kappa shape index (κ3) is 2.76. The van der Waals surface area contributed by atoms with Gasteiger partial charge in [0.05, 0.1) is 17.8 Å². The number of benzene rings is 2. The van der Waals surface area contributed by atoms with E-state index in [1.807, 2.05) is 42.5 Å². The van der Waals surface area contributed by atoms with Gasteiger partial charge in [0.15, 0.2) is 0 Å². The summed E-state index contributed by atoms with van der Waals surface area (Å²) < 4.78 is 5.39. The standard InChI is InChI=1S/C19H14ClNO/c20-15-8-5-14-7-10-16(21-18(14)11-15)9-6-13-3-1-2-4-17(13)19-12-22-19/h1-11,19H,12H2. The predicted molar refractivity (Wildman–Crippen MR) is 90.8 cm³/mol. The first kappa shape index (κ1) is 13.5. The van der Waals surface area contributed by atoms with Crippen molar-refractivity contribution < 1.29 is 4.74 Å². The highest BCUT2D eigenvalue weighted by atomic mass is 35.5. The molecule has 2 aromatic carbocycles. The number of aromatic nitrogens is 1. The van der Waals surface area contributed by atoms with E-state index in [1.54, 1.807) is 0 Å². The summed E-state index contributed by atoms with van der Waals surface area (Å²) in [4.78, 5) is 4.64. The Labute approximate surface area is 134 Å². The van der Waals surface area contributed by atoms with Gasteiger partial charge in [0, 0.05) is 10.4 Å². The Hall–Kier alpha value is -2.16. The zero-order valence-electron chi connectivity index (χ0n) is 11.9. The second-order valence-corrected chi connectivity index (χ2v) is 5.79. The second-order valence-electron chi connectivity index (χ2n) is 5.36. The third-order valence-corrected chi connectivity index (χ3v) is 4.02. The number of nitrogens with zero attached hydrogens (tertiary/aromatic N) is 1. The lowest BCUT2D eigenvalue weighted by Gasteiger charge is -2.02. The summed E-state index contributed by atoms with van der Waals surface area (Å²) in [5.41, 5.74) is 4.25. The third-order valence-electron chi connectivity index (χ3n) is 3.79. The van der Waals surface area contributed by atoms with Crippen LogP contribution in [0.5, 0.6) is 0 Å². The zero-order valence-corrected chi connectivity index (χ0v) is 12.6. The van der Waals surface area contributed by atoms with Gasteiger partial charge in [0.2, 0.25) is 0 Å². The lowest BCUT2D eigenvalue weighted by Crippen LogP contribution is -1.86. The van der Waals surface area contributed by atoms with Gasteiger partial charge in [-0.05, 0) is 35.4 Å². The number of fused-ring (bicyclic) bond motifs is 1. The molecule has 1 unspecified atom stereocenters. The van der Waals surface area contributed by atoms with Crippen molar-refractivity contribution in [2.45, 2.75) is 6.10 Å². The van der Waals surface area contributed by atoms with Crippen molar-refractivity contribution >= 4 is 34.7 Å². The number of halogens is 1. The minimum atomic E-state index is 0.254. The quantitative estimate of drug-likeness (QED) is 0.627. The fourth-order valence-corrected chi connectivity index (χ4v) is 2.72. The Morgan fingerprint density at radius 3 is 2.73 bits per heavy atom. The molecule has 1 fully saturated rings. The Kier molecular flexibility index (Phi) is 3.41. The van der Waals surface area contributed by atoms with Crippen LogP contribution in [0.25, 0.3) is 23.1 Å². The Bertz CT molecular complexity index is 868. The lowest BCUT2D eigenvalue weighted by molar-refractivity contribution is 0.415. The molecule has 0 bridgehead atoms. The molecular formula is C19H14ClNO. The monoisotopic (exact) mass is 307 g/mol. The van der Waals surface area contributed by atoms with E-state index in [9.17, 15) is 0 Å². The van der Waals surface area contributed by atoms with Crippen molar-refractivity contribution in [1.82, 2.24) is 4.98 Å². The van der Waals surface area contributed by atoms with Crippen LogP contribution in [-0.4, -0.2) is 11.6 Å². The molecule has 3 heteroatoms. The van der Waals surface area contributed by atoms with Gasteiger partial charge in [-0.3, -0.25) is 0 Å². The molecule has 2 nitrogen and oxygen atoms in total. The maximum atomic E-state index is 6.03. The van der Waals surface area contributed by atoms with E-state index in [-0.39, 0.29) is 6.10 Å². The van der Waals surface area contributed by atoms with Crippen molar-refractivity contribution in [3.63, 3.8) is 0 Å².